The average molecular weight is 392 g/mol. The number of aryl methyl sites for hydroxylation is 2. The maximum atomic E-state index is 12.7. The summed E-state index contributed by atoms with van der Waals surface area (Å²) in [6.07, 6.45) is 3.34. The molecule has 0 spiro atoms. The summed E-state index contributed by atoms with van der Waals surface area (Å²) in [5, 5.41) is 9.65. The molecule has 0 aliphatic carbocycles. The van der Waals surface area contributed by atoms with Gasteiger partial charge in [0.05, 0.1) is 5.57 Å². The maximum Gasteiger partial charge on any atom is 0.337 e. The second-order valence-electron chi connectivity index (χ2n) is 6.45. The standard InChI is InChI=1S/C19H21NO4S2/c1-13-5-6-14(2)15(11-13)12-16(19(21)22)17-7-8-18(25-17)26(23,24)20-9-3-4-10-20/h5-8,11-12H,3-4,9-10H2,1-2H3,(H,21,22)/b16-12-. The first-order chi connectivity index (χ1) is 12.3. The Morgan fingerprint density at radius 2 is 1.85 bits per heavy atom. The molecule has 1 aromatic heterocycles. The van der Waals surface area contributed by atoms with Crippen LogP contribution < -0.4 is 0 Å². The third-order valence-corrected chi connectivity index (χ3v) is 7.96. The summed E-state index contributed by atoms with van der Waals surface area (Å²) >= 11 is 1.01. The van der Waals surface area contributed by atoms with Crippen LogP contribution in [0.4, 0.5) is 0 Å². The number of rotatable bonds is 5. The Morgan fingerprint density at radius 3 is 2.50 bits per heavy atom. The van der Waals surface area contributed by atoms with Gasteiger partial charge in [0, 0.05) is 18.0 Å². The molecule has 0 amide bonds. The number of carboxylic acid groups (broad SMARTS) is 1. The Morgan fingerprint density at radius 1 is 1.15 bits per heavy atom. The van der Waals surface area contributed by atoms with E-state index in [9.17, 15) is 18.3 Å². The van der Waals surface area contributed by atoms with Gasteiger partial charge in [0.25, 0.3) is 10.0 Å². The van der Waals surface area contributed by atoms with Gasteiger partial charge in [-0.3, -0.25) is 0 Å². The molecule has 1 aliphatic heterocycles. The van der Waals surface area contributed by atoms with Gasteiger partial charge in [-0.2, -0.15) is 4.31 Å². The summed E-state index contributed by atoms with van der Waals surface area (Å²) in [4.78, 5) is 12.2. The second-order valence-corrected chi connectivity index (χ2v) is 9.70. The molecule has 0 radical (unpaired) electrons. The first kappa shape index (κ1) is 18.8. The third kappa shape index (κ3) is 3.75. The monoisotopic (exact) mass is 391 g/mol. The lowest BCUT2D eigenvalue weighted by Crippen LogP contribution is -2.27. The van der Waals surface area contributed by atoms with Crippen LogP contribution in [0.5, 0.6) is 0 Å². The summed E-state index contributed by atoms with van der Waals surface area (Å²) in [7, 11) is -3.53. The Hall–Kier alpha value is -1.96. The second kappa shape index (κ2) is 7.34. The molecule has 0 bridgehead atoms. The van der Waals surface area contributed by atoms with Gasteiger partial charge in [-0.25, -0.2) is 13.2 Å². The van der Waals surface area contributed by atoms with Crippen LogP contribution in [0.2, 0.25) is 0 Å². The normalized spacial score (nSPS) is 16.2. The predicted molar refractivity (Wildman–Crippen MR) is 104 cm³/mol. The molecular weight excluding hydrogens is 370 g/mol. The van der Waals surface area contributed by atoms with Crippen LogP contribution in [0.15, 0.2) is 34.5 Å². The summed E-state index contributed by atoms with van der Waals surface area (Å²) in [6.45, 7) is 4.92. The van der Waals surface area contributed by atoms with Gasteiger partial charge in [-0.05, 0) is 56.0 Å². The number of nitrogens with zero attached hydrogens (tertiary/aromatic N) is 1. The molecule has 0 unspecified atom stereocenters. The minimum Gasteiger partial charge on any atom is -0.478 e. The first-order valence-corrected chi connectivity index (χ1v) is 10.7. The van der Waals surface area contributed by atoms with Crippen molar-refractivity contribution in [1.29, 1.82) is 0 Å². The van der Waals surface area contributed by atoms with Gasteiger partial charge >= 0.3 is 5.97 Å². The fraction of sp³-hybridized carbons (Fsp3) is 0.316. The Labute approximate surface area is 157 Å². The number of sulfonamides is 1. The van der Waals surface area contributed by atoms with Gasteiger partial charge in [0.1, 0.15) is 4.21 Å². The highest BCUT2D eigenvalue weighted by Gasteiger charge is 2.29. The van der Waals surface area contributed by atoms with Crippen molar-refractivity contribution in [3.05, 3.63) is 51.9 Å². The minimum absolute atomic E-state index is 0.103. The average Bonchev–Trinajstić information content (AvgIpc) is 3.27. The molecule has 2 aromatic rings. The van der Waals surface area contributed by atoms with Crippen LogP contribution in [-0.4, -0.2) is 36.9 Å². The number of benzene rings is 1. The molecule has 26 heavy (non-hydrogen) atoms. The zero-order valence-electron chi connectivity index (χ0n) is 14.7. The zero-order valence-corrected chi connectivity index (χ0v) is 16.4. The Kier molecular flexibility index (Phi) is 5.32. The van der Waals surface area contributed by atoms with Gasteiger partial charge in [0.2, 0.25) is 0 Å². The molecule has 7 heteroatoms. The molecular formula is C19H21NO4S2. The molecule has 1 N–H and O–H groups in total. The maximum absolute atomic E-state index is 12.7. The van der Waals surface area contributed by atoms with E-state index in [0.717, 1.165) is 40.9 Å². The van der Waals surface area contributed by atoms with Crippen molar-refractivity contribution in [2.45, 2.75) is 30.9 Å². The Bertz CT molecular complexity index is 967. The molecule has 1 fully saturated rings. The molecule has 0 atom stereocenters. The lowest BCUT2D eigenvalue weighted by Gasteiger charge is -2.13. The van der Waals surface area contributed by atoms with E-state index in [1.54, 1.807) is 12.1 Å². The Balaban J connectivity index is 2.00. The zero-order chi connectivity index (χ0) is 18.9. The van der Waals surface area contributed by atoms with Gasteiger partial charge in [-0.15, -0.1) is 11.3 Å². The number of thiophene rings is 1. The number of carboxylic acids is 1. The van der Waals surface area contributed by atoms with E-state index in [4.69, 9.17) is 0 Å². The fourth-order valence-electron chi connectivity index (χ4n) is 2.97. The lowest BCUT2D eigenvalue weighted by molar-refractivity contribution is -0.130. The quantitative estimate of drug-likeness (QED) is 0.787. The highest BCUT2D eigenvalue weighted by atomic mass is 32.2. The van der Waals surface area contributed by atoms with Crippen molar-refractivity contribution < 1.29 is 18.3 Å². The SMILES string of the molecule is Cc1ccc(C)c(/C=C(\C(=O)O)c2ccc(S(=O)(=O)N3CCCC3)s2)c1. The van der Waals surface area contributed by atoms with Crippen LogP contribution in [0.1, 0.15) is 34.4 Å². The highest BCUT2D eigenvalue weighted by molar-refractivity contribution is 7.91. The summed E-state index contributed by atoms with van der Waals surface area (Å²) in [6, 6.07) is 8.93. The topological polar surface area (TPSA) is 74.7 Å². The van der Waals surface area contributed by atoms with E-state index < -0.39 is 16.0 Å². The summed E-state index contributed by atoms with van der Waals surface area (Å²) in [5.41, 5.74) is 2.93. The van der Waals surface area contributed by atoms with Crippen LogP contribution in [0, 0.1) is 13.8 Å². The number of hydrogen-bond donors (Lipinski definition) is 1. The molecule has 138 valence electrons. The highest BCUT2D eigenvalue weighted by Crippen LogP contribution is 2.32. The number of aliphatic carboxylic acids is 1. The van der Waals surface area contributed by atoms with E-state index in [1.165, 1.54) is 10.4 Å². The minimum atomic E-state index is -3.53. The van der Waals surface area contributed by atoms with Crippen molar-refractivity contribution in [2.24, 2.45) is 0 Å². The lowest BCUT2D eigenvalue weighted by atomic mass is 10.0. The van der Waals surface area contributed by atoms with Gasteiger partial charge < -0.3 is 5.11 Å². The molecule has 3 rings (SSSR count). The number of carbonyl (C=O) groups is 1. The van der Waals surface area contributed by atoms with Crippen molar-refractivity contribution in [3.8, 4) is 0 Å². The van der Waals surface area contributed by atoms with Gasteiger partial charge in [-0.1, -0.05) is 23.8 Å². The van der Waals surface area contributed by atoms with E-state index in [2.05, 4.69) is 0 Å². The van der Waals surface area contributed by atoms with Crippen LogP contribution in [0.3, 0.4) is 0 Å². The van der Waals surface area contributed by atoms with Crippen LogP contribution in [-0.2, 0) is 14.8 Å². The van der Waals surface area contributed by atoms with E-state index in [1.807, 2.05) is 32.0 Å². The smallest absolute Gasteiger partial charge is 0.337 e. The fourth-order valence-corrected chi connectivity index (χ4v) is 5.95. The van der Waals surface area contributed by atoms with E-state index in [0.29, 0.717) is 18.0 Å². The van der Waals surface area contributed by atoms with E-state index in [-0.39, 0.29) is 9.78 Å². The molecule has 5 nitrogen and oxygen atoms in total. The molecule has 0 saturated carbocycles. The van der Waals surface area contributed by atoms with Crippen molar-refractivity contribution >= 4 is 39.0 Å². The molecule has 2 heterocycles. The van der Waals surface area contributed by atoms with Crippen LogP contribution in [0.25, 0.3) is 11.6 Å². The third-order valence-electron chi connectivity index (χ3n) is 4.47. The molecule has 1 saturated heterocycles. The summed E-state index contributed by atoms with van der Waals surface area (Å²) in [5.74, 6) is -1.07. The van der Waals surface area contributed by atoms with Crippen LogP contribution >= 0.6 is 11.3 Å². The van der Waals surface area contributed by atoms with Crippen molar-refractivity contribution in [2.75, 3.05) is 13.1 Å². The largest absolute Gasteiger partial charge is 0.478 e. The first-order valence-electron chi connectivity index (χ1n) is 8.41. The van der Waals surface area contributed by atoms with E-state index >= 15 is 0 Å². The number of hydrogen-bond acceptors (Lipinski definition) is 4. The van der Waals surface area contributed by atoms with Crippen molar-refractivity contribution in [1.82, 2.24) is 4.31 Å². The predicted octanol–water partition coefficient (Wildman–Crippen LogP) is 3.77. The molecule has 1 aromatic carbocycles. The van der Waals surface area contributed by atoms with Gasteiger partial charge in [0.15, 0.2) is 0 Å². The van der Waals surface area contributed by atoms with Crippen molar-refractivity contribution in [3.63, 3.8) is 0 Å². The summed E-state index contributed by atoms with van der Waals surface area (Å²) < 4.78 is 27.0. The molecule has 1 aliphatic rings.